The van der Waals surface area contributed by atoms with E-state index < -0.39 is 10.0 Å². The molecule has 0 amide bonds. The molecule has 5 nitrogen and oxygen atoms in total. The topological polar surface area (TPSA) is 81.4 Å². The minimum Gasteiger partial charge on any atom is -0.495 e. The molecule has 0 saturated heterocycles. The van der Waals surface area contributed by atoms with E-state index in [0.717, 1.165) is 5.56 Å². The second-order valence-electron chi connectivity index (χ2n) is 4.37. The number of nitrogens with two attached hydrogens (primary N) is 1. The molecule has 110 valence electrons. The molecule has 1 atom stereocenters. The highest BCUT2D eigenvalue weighted by atomic mass is 35.5. The van der Waals surface area contributed by atoms with Crippen LogP contribution in [0.1, 0.15) is 18.1 Å². The molecule has 0 saturated carbocycles. The Balaban J connectivity index is 0.00000324. The summed E-state index contributed by atoms with van der Waals surface area (Å²) in [5.74, 6) is 0.351. The fraction of sp³-hybridized carbons (Fsp3) is 0.500. The van der Waals surface area contributed by atoms with Gasteiger partial charge < -0.3 is 10.5 Å². The summed E-state index contributed by atoms with van der Waals surface area (Å²) in [5.41, 5.74) is 7.04. The molecule has 0 aliphatic carbocycles. The first-order chi connectivity index (χ1) is 8.31. The van der Waals surface area contributed by atoms with Gasteiger partial charge in [-0.3, -0.25) is 0 Å². The quantitative estimate of drug-likeness (QED) is 0.860. The van der Waals surface area contributed by atoms with Gasteiger partial charge in [-0.2, -0.15) is 0 Å². The van der Waals surface area contributed by atoms with E-state index in [-0.39, 0.29) is 29.9 Å². The molecule has 0 radical (unpaired) electrons. The van der Waals surface area contributed by atoms with Gasteiger partial charge in [0.1, 0.15) is 10.6 Å². The van der Waals surface area contributed by atoms with Crippen molar-refractivity contribution in [3.8, 4) is 5.75 Å². The van der Waals surface area contributed by atoms with Crippen LogP contribution in [0, 0.1) is 13.8 Å². The lowest BCUT2D eigenvalue weighted by Gasteiger charge is -2.16. The summed E-state index contributed by atoms with van der Waals surface area (Å²) in [6, 6.07) is 3.19. The summed E-state index contributed by atoms with van der Waals surface area (Å²) in [6.07, 6.45) is 0. The van der Waals surface area contributed by atoms with E-state index >= 15 is 0 Å². The number of sulfonamides is 1. The minimum atomic E-state index is -3.62. The molecule has 0 fully saturated rings. The van der Waals surface area contributed by atoms with Gasteiger partial charge in [-0.05, 0) is 38.0 Å². The van der Waals surface area contributed by atoms with Crippen LogP contribution < -0.4 is 15.2 Å². The maximum Gasteiger partial charge on any atom is 0.244 e. The molecule has 1 aromatic carbocycles. The van der Waals surface area contributed by atoms with Crippen LogP contribution in [0.3, 0.4) is 0 Å². The van der Waals surface area contributed by atoms with E-state index in [1.807, 2.05) is 13.0 Å². The molecule has 0 bridgehead atoms. The predicted octanol–water partition coefficient (Wildman–Crippen LogP) is 1.36. The largest absolute Gasteiger partial charge is 0.495 e. The number of nitrogens with one attached hydrogen (secondary N) is 1. The number of hydrogen-bond donors (Lipinski definition) is 2. The van der Waals surface area contributed by atoms with Crippen molar-refractivity contribution in [2.75, 3.05) is 13.7 Å². The average molecular weight is 309 g/mol. The van der Waals surface area contributed by atoms with Crippen molar-refractivity contribution in [1.82, 2.24) is 4.72 Å². The Morgan fingerprint density at radius 2 is 1.95 bits per heavy atom. The Kier molecular flexibility index (Phi) is 6.79. The lowest BCUT2D eigenvalue weighted by atomic mass is 10.1. The SMILES string of the molecule is COc1cc(C)cc(C)c1S(=O)(=O)N[C@@H](C)CN.Cl. The maximum absolute atomic E-state index is 12.3. The first kappa shape index (κ1) is 18.2. The monoisotopic (exact) mass is 308 g/mol. The van der Waals surface area contributed by atoms with E-state index in [1.165, 1.54) is 7.11 Å². The van der Waals surface area contributed by atoms with Gasteiger partial charge in [0.05, 0.1) is 7.11 Å². The second-order valence-corrected chi connectivity index (χ2v) is 6.02. The lowest BCUT2D eigenvalue weighted by Crippen LogP contribution is -2.38. The summed E-state index contributed by atoms with van der Waals surface area (Å²) in [6.45, 7) is 5.60. The number of hydrogen-bond acceptors (Lipinski definition) is 4. The highest BCUT2D eigenvalue weighted by molar-refractivity contribution is 7.89. The number of benzene rings is 1. The first-order valence-electron chi connectivity index (χ1n) is 5.69. The molecule has 0 unspecified atom stereocenters. The van der Waals surface area contributed by atoms with Gasteiger partial charge in [0.2, 0.25) is 10.0 Å². The zero-order chi connectivity index (χ0) is 13.9. The molecule has 3 N–H and O–H groups in total. The van der Waals surface area contributed by atoms with E-state index in [4.69, 9.17) is 10.5 Å². The van der Waals surface area contributed by atoms with E-state index in [9.17, 15) is 8.42 Å². The van der Waals surface area contributed by atoms with E-state index in [2.05, 4.69) is 4.72 Å². The highest BCUT2D eigenvalue weighted by Crippen LogP contribution is 2.28. The summed E-state index contributed by atoms with van der Waals surface area (Å²) in [7, 11) is -2.16. The third-order valence-electron chi connectivity index (χ3n) is 2.58. The van der Waals surface area contributed by atoms with Gasteiger partial charge >= 0.3 is 0 Å². The standard InChI is InChI=1S/C12H20N2O3S.ClH/c1-8-5-9(2)12(11(6-8)17-4)18(15,16)14-10(3)7-13;/h5-6,10,14H,7,13H2,1-4H3;1H/t10-;/m0./s1. The van der Waals surface area contributed by atoms with Crippen molar-refractivity contribution in [3.63, 3.8) is 0 Å². The van der Waals surface area contributed by atoms with Gasteiger partial charge in [0.25, 0.3) is 0 Å². The van der Waals surface area contributed by atoms with Crippen LogP contribution in [0.5, 0.6) is 5.75 Å². The summed E-state index contributed by atoms with van der Waals surface area (Å²) >= 11 is 0. The Hall–Kier alpha value is -0.820. The molecular weight excluding hydrogens is 288 g/mol. The molecule has 7 heteroatoms. The van der Waals surface area contributed by atoms with Gasteiger partial charge in [-0.15, -0.1) is 12.4 Å². The Labute approximate surface area is 121 Å². The van der Waals surface area contributed by atoms with E-state index in [0.29, 0.717) is 11.3 Å². The van der Waals surface area contributed by atoms with Crippen LogP contribution in [-0.2, 0) is 10.0 Å². The molecule has 0 heterocycles. The molecule has 0 aliphatic rings. The summed E-state index contributed by atoms with van der Waals surface area (Å²) < 4.78 is 32.2. The van der Waals surface area contributed by atoms with Crippen molar-refractivity contribution in [1.29, 1.82) is 0 Å². The fourth-order valence-electron chi connectivity index (χ4n) is 1.78. The number of ether oxygens (including phenoxy) is 1. The highest BCUT2D eigenvalue weighted by Gasteiger charge is 2.23. The number of aryl methyl sites for hydroxylation is 2. The Bertz CT molecular complexity index is 532. The third-order valence-corrected chi connectivity index (χ3v) is 4.36. The minimum absolute atomic E-state index is 0. The van der Waals surface area contributed by atoms with Crippen molar-refractivity contribution in [2.24, 2.45) is 5.73 Å². The van der Waals surface area contributed by atoms with E-state index in [1.54, 1.807) is 19.9 Å². The van der Waals surface area contributed by atoms with Gasteiger partial charge in [0.15, 0.2) is 0 Å². The van der Waals surface area contributed by atoms with Crippen molar-refractivity contribution < 1.29 is 13.2 Å². The van der Waals surface area contributed by atoms with Crippen molar-refractivity contribution >= 4 is 22.4 Å². The van der Waals surface area contributed by atoms with Crippen molar-refractivity contribution in [2.45, 2.75) is 31.7 Å². The smallest absolute Gasteiger partial charge is 0.244 e. The molecule has 0 aromatic heterocycles. The van der Waals surface area contributed by atoms with Crippen LogP contribution in [0.2, 0.25) is 0 Å². The fourth-order valence-corrected chi connectivity index (χ4v) is 3.42. The Morgan fingerprint density at radius 3 is 2.42 bits per heavy atom. The molecule has 19 heavy (non-hydrogen) atoms. The van der Waals surface area contributed by atoms with Crippen LogP contribution in [0.25, 0.3) is 0 Å². The van der Waals surface area contributed by atoms with Crippen LogP contribution in [0.15, 0.2) is 17.0 Å². The molecule has 0 spiro atoms. The number of rotatable bonds is 5. The van der Waals surface area contributed by atoms with Crippen LogP contribution in [0.4, 0.5) is 0 Å². The van der Waals surface area contributed by atoms with Crippen LogP contribution in [-0.4, -0.2) is 28.1 Å². The molecular formula is C12H21ClN2O3S. The normalized spacial score (nSPS) is 12.7. The second kappa shape index (κ2) is 7.09. The predicted molar refractivity (Wildman–Crippen MR) is 78.6 cm³/mol. The summed E-state index contributed by atoms with van der Waals surface area (Å²) in [5, 5.41) is 0. The number of methoxy groups -OCH3 is 1. The third kappa shape index (κ3) is 4.35. The van der Waals surface area contributed by atoms with Gasteiger partial charge in [-0.25, -0.2) is 13.1 Å². The van der Waals surface area contributed by atoms with Crippen LogP contribution >= 0.6 is 12.4 Å². The lowest BCUT2D eigenvalue weighted by molar-refractivity contribution is 0.401. The maximum atomic E-state index is 12.3. The number of halogens is 1. The molecule has 1 rings (SSSR count). The molecule has 0 aliphatic heterocycles. The average Bonchev–Trinajstić information content (AvgIpc) is 2.26. The molecule has 1 aromatic rings. The van der Waals surface area contributed by atoms with Crippen molar-refractivity contribution in [3.05, 3.63) is 23.3 Å². The zero-order valence-corrected chi connectivity index (χ0v) is 13.2. The Morgan fingerprint density at radius 1 is 1.37 bits per heavy atom. The first-order valence-corrected chi connectivity index (χ1v) is 7.17. The zero-order valence-electron chi connectivity index (χ0n) is 11.6. The summed E-state index contributed by atoms with van der Waals surface area (Å²) in [4.78, 5) is 0.177. The van der Waals surface area contributed by atoms with Gasteiger partial charge in [0, 0.05) is 12.6 Å². The van der Waals surface area contributed by atoms with Gasteiger partial charge in [-0.1, -0.05) is 6.07 Å².